The number of rotatable bonds is 3. The SMILES string of the molecule is Cc1c(C(=O)NNC(=O)CC(C)C)oc2ccccc12. The zero-order valence-electron chi connectivity index (χ0n) is 11.8. The Bertz CT molecular complexity index is 644. The molecule has 2 aromatic rings. The van der Waals surface area contributed by atoms with Crippen molar-refractivity contribution in [2.24, 2.45) is 5.92 Å². The van der Waals surface area contributed by atoms with Gasteiger partial charge >= 0.3 is 5.91 Å². The predicted molar refractivity (Wildman–Crippen MR) is 76.0 cm³/mol. The Morgan fingerprint density at radius 2 is 1.90 bits per heavy atom. The van der Waals surface area contributed by atoms with Gasteiger partial charge in [0.05, 0.1) is 0 Å². The normalized spacial score (nSPS) is 10.8. The van der Waals surface area contributed by atoms with E-state index >= 15 is 0 Å². The molecule has 1 aromatic carbocycles. The molecule has 0 saturated carbocycles. The molecule has 2 N–H and O–H groups in total. The lowest BCUT2D eigenvalue weighted by Gasteiger charge is -2.07. The van der Waals surface area contributed by atoms with E-state index in [1.807, 2.05) is 39.0 Å². The molecule has 0 fully saturated rings. The van der Waals surface area contributed by atoms with Crippen molar-refractivity contribution in [2.75, 3.05) is 0 Å². The number of hydrazine groups is 1. The first kappa shape index (κ1) is 14.1. The molecule has 1 heterocycles. The number of aryl methyl sites for hydroxylation is 1. The van der Waals surface area contributed by atoms with Gasteiger partial charge in [-0.05, 0) is 18.9 Å². The van der Waals surface area contributed by atoms with Gasteiger partial charge in [-0.1, -0.05) is 32.0 Å². The first-order valence-electron chi connectivity index (χ1n) is 6.56. The molecule has 2 amide bonds. The van der Waals surface area contributed by atoms with E-state index < -0.39 is 5.91 Å². The maximum absolute atomic E-state index is 12.0. The summed E-state index contributed by atoms with van der Waals surface area (Å²) in [4.78, 5) is 23.5. The number of fused-ring (bicyclic) bond motifs is 1. The number of carbonyl (C=O) groups excluding carboxylic acids is 2. The summed E-state index contributed by atoms with van der Waals surface area (Å²) in [5, 5.41) is 0.895. The first-order valence-corrected chi connectivity index (χ1v) is 6.56. The van der Waals surface area contributed by atoms with Gasteiger partial charge < -0.3 is 4.42 Å². The lowest BCUT2D eigenvalue weighted by molar-refractivity contribution is -0.122. The summed E-state index contributed by atoms with van der Waals surface area (Å²) in [5.74, 6) is -0.214. The molecule has 0 aliphatic carbocycles. The molecule has 0 spiro atoms. The van der Waals surface area contributed by atoms with Crippen molar-refractivity contribution in [3.8, 4) is 0 Å². The zero-order chi connectivity index (χ0) is 14.7. The summed E-state index contributed by atoms with van der Waals surface area (Å²) in [7, 11) is 0. The maximum Gasteiger partial charge on any atom is 0.305 e. The van der Waals surface area contributed by atoms with Crippen molar-refractivity contribution in [3.63, 3.8) is 0 Å². The van der Waals surface area contributed by atoms with E-state index in [0.717, 1.165) is 10.9 Å². The first-order chi connectivity index (χ1) is 9.49. The van der Waals surface area contributed by atoms with Gasteiger partial charge in [0, 0.05) is 17.4 Å². The van der Waals surface area contributed by atoms with E-state index in [0.29, 0.717) is 12.0 Å². The third-order valence-electron chi connectivity index (χ3n) is 2.96. The fourth-order valence-corrected chi connectivity index (χ4v) is 2.00. The molecular weight excluding hydrogens is 256 g/mol. The largest absolute Gasteiger partial charge is 0.451 e. The Morgan fingerprint density at radius 1 is 1.20 bits per heavy atom. The third-order valence-corrected chi connectivity index (χ3v) is 2.96. The number of carbonyl (C=O) groups is 2. The maximum atomic E-state index is 12.0. The molecule has 0 unspecified atom stereocenters. The highest BCUT2D eigenvalue weighted by atomic mass is 16.3. The van der Waals surface area contributed by atoms with Crippen LogP contribution in [0.25, 0.3) is 11.0 Å². The molecule has 5 nitrogen and oxygen atoms in total. The van der Waals surface area contributed by atoms with Gasteiger partial charge in [-0.15, -0.1) is 0 Å². The van der Waals surface area contributed by atoms with Crippen LogP contribution in [0.1, 0.15) is 36.4 Å². The Balaban J connectivity index is 2.08. The molecule has 2 rings (SSSR count). The average molecular weight is 274 g/mol. The van der Waals surface area contributed by atoms with Crippen LogP contribution in [-0.2, 0) is 4.79 Å². The molecule has 0 aliphatic rings. The Kier molecular flexibility index (Phi) is 4.08. The lowest BCUT2D eigenvalue weighted by Crippen LogP contribution is -2.42. The van der Waals surface area contributed by atoms with Crippen molar-refractivity contribution >= 4 is 22.8 Å². The van der Waals surface area contributed by atoms with Crippen molar-refractivity contribution in [1.82, 2.24) is 10.9 Å². The standard InChI is InChI=1S/C15H18N2O3/c1-9(2)8-13(18)16-17-15(19)14-10(3)11-6-4-5-7-12(11)20-14/h4-7,9H,8H2,1-3H3,(H,16,18)(H,17,19). The van der Waals surface area contributed by atoms with E-state index in [1.165, 1.54) is 0 Å². The third kappa shape index (κ3) is 2.99. The van der Waals surface area contributed by atoms with Crippen LogP contribution in [0.15, 0.2) is 28.7 Å². The van der Waals surface area contributed by atoms with E-state index in [-0.39, 0.29) is 17.6 Å². The topological polar surface area (TPSA) is 71.3 Å². The summed E-state index contributed by atoms with van der Waals surface area (Å²) < 4.78 is 5.51. The van der Waals surface area contributed by atoms with Crippen LogP contribution in [-0.4, -0.2) is 11.8 Å². The Labute approximate surface area is 117 Å². The van der Waals surface area contributed by atoms with Gasteiger partial charge in [0.2, 0.25) is 5.91 Å². The second kappa shape index (κ2) is 5.77. The lowest BCUT2D eigenvalue weighted by atomic mass is 10.1. The van der Waals surface area contributed by atoms with Gasteiger partial charge in [0.25, 0.3) is 0 Å². The van der Waals surface area contributed by atoms with E-state index in [1.54, 1.807) is 6.07 Å². The van der Waals surface area contributed by atoms with Gasteiger partial charge in [-0.25, -0.2) is 0 Å². The summed E-state index contributed by atoms with van der Waals surface area (Å²) in [6.07, 6.45) is 0.361. The second-order valence-corrected chi connectivity index (χ2v) is 5.15. The van der Waals surface area contributed by atoms with Crippen LogP contribution in [0.5, 0.6) is 0 Å². The molecule has 0 radical (unpaired) electrons. The highest BCUT2D eigenvalue weighted by molar-refractivity contribution is 5.99. The predicted octanol–water partition coefficient (Wildman–Crippen LogP) is 2.55. The molecular formula is C15H18N2O3. The monoisotopic (exact) mass is 274 g/mol. The Hall–Kier alpha value is -2.30. The molecule has 1 aromatic heterocycles. The minimum Gasteiger partial charge on any atom is -0.451 e. The number of hydrogen-bond donors (Lipinski definition) is 2. The van der Waals surface area contributed by atoms with E-state index in [2.05, 4.69) is 10.9 Å². The smallest absolute Gasteiger partial charge is 0.305 e. The summed E-state index contributed by atoms with van der Waals surface area (Å²) in [5.41, 5.74) is 6.18. The van der Waals surface area contributed by atoms with E-state index in [4.69, 9.17) is 4.42 Å². The van der Waals surface area contributed by atoms with E-state index in [9.17, 15) is 9.59 Å². The fraction of sp³-hybridized carbons (Fsp3) is 0.333. The number of furan rings is 1. The fourth-order valence-electron chi connectivity index (χ4n) is 2.00. The molecule has 0 bridgehead atoms. The van der Waals surface area contributed by atoms with Crippen molar-refractivity contribution in [3.05, 3.63) is 35.6 Å². The highest BCUT2D eigenvalue weighted by Crippen LogP contribution is 2.24. The number of para-hydroxylation sites is 1. The molecule has 106 valence electrons. The van der Waals surface area contributed by atoms with Crippen LogP contribution >= 0.6 is 0 Å². The summed E-state index contributed by atoms with van der Waals surface area (Å²) in [6, 6.07) is 7.42. The van der Waals surface area contributed by atoms with Crippen LogP contribution in [0.3, 0.4) is 0 Å². The molecule has 0 aliphatic heterocycles. The van der Waals surface area contributed by atoms with Crippen molar-refractivity contribution in [1.29, 1.82) is 0 Å². The summed E-state index contributed by atoms with van der Waals surface area (Å²) >= 11 is 0. The zero-order valence-corrected chi connectivity index (χ0v) is 11.8. The van der Waals surface area contributed by atoms with Gasteiger partial charge in [-0.2, -0.15) is 0 Å². The molecule has 20 heavy (non-hydrogen) atoms. The van der Waals surface area contributed by atoms with Crippen molar-refractivity contribution < 1.29 is 14.0 Å². The molecule has 0 saturated heterocycles. The van der Waals surface area contributed by atoms with Crippen LogP contribution < -0.4 is 10.9 Å². The van der Waals surface area contributed by atoms with Crippen molar-refractivity contribution in [2.45, 2.75) is 27.2 Å². The highest BCUT2D eigenvalue weighted by Gasteiger charge is 2.17. The average Bonchev–Trinajstić information content (AvgIpc) is 2.73. The Morgan fingerprint density at radius 3 is 2.55 bits per heavy atom. The quantitative estimate of drug-likeness (QED) is 0.845. The van der Waals surface area contributed by atoms with Gasteiger partial charge in [0.15, 0.2) is 5.76 Å². The molecule has 5 heteroatoms. The number of benzene rings is 1. The van der Waals surface area contributed by atoms with Gasteiger partial charge in [-0.3, -0.25) is 20.4 Å². The molecule has 0 atom stereocenters. The minimum absolute atomic E-state index is 0.219. The summed E-state index contributed by atoms with van der Waals surface area (Å²) in [6.45, 7) is 5.69. The van der Waals surface area contributed by atoms with Crippen LogP contribution in [0.2, 0.25) is 0 Å². The minimum atomic E-state index is -0.448. The van der Waals surface area contributed by atoms with Crippen LogP contribution in [0, 0.1) is 12.8 Å². The van der Waals surface area contributed by atoms with Crippen LogP contribution in [0.4, 0.5) is 0 Å². The number of hydrogen-bond acceptors (Lipinski definition) is 3. The second-order valence-electron chi connectivity index (χ2n) is 5.15. The van der Waals surface area contributed by atoms with Gasteiger partial charge in [0.1, 0.15) is 5.58 Å². The number of amides is 2. The number of nitrogens with one attached hydrogen (secondary N) is 2.